The number of nitrogens with zero attached hydrogens (tertiary/aromatic N) is 2. The molecule has 0 bridgehead atoms. The highest BCUT2D eigenvalue weighted by Crippen LogP contribution is 2.29. The molecule has 1 aromatic carbocycles. The largest absolute Gasteiger partial charge is 0.320 e. The van der Waals surface area contributed by atoms with Crippen LogP contribution in [0.15, 0.2) is 28.7 Å². The highest BCUT2D eigenvalue weighted by molar-refractivity contribution is 9.10. The van der Waals surface area contributed by atoms with Crippen LogP contribution >= 0.6 is 15.9 Å². The Bertz CT molecular complexity index is 416. The van der Waals surface area contributed by atoms with Gasteiger partial charge >= 0.3 is 6.03 Å². The van der Waals surface area contributed by atoms with Gasteiger partial charge in [0.05, 0.1) is 6.04 Å². The van der Waals surface area contributed by atoms with Gasteiger partial charge in [-0.25, -0.2) is 4.79 Å². The van der Waals surface area contributed by atoms with E-state index in [1.54, 1.807) is 0 Å². The molecule has 1 saturated heterocycles. The first-order chi connectivity index (χ1) is 8.00. The summed E-state index contributed by atoms with van der Waals surface area (Å²) in [7, 11) is 1.87. The average Bonchev–Trinajstić information content (AvgIpc) is 2.58. The smallest absolute Gasteiger partial charge is 0.320 e. The van der Waals surface area contributed by atoms with Gasteiger partial charge in [0.2, 0.25) is 0 Å². The predicted molar refractivity (Wildman–Crippen MR) is 71.9 cm³/mol. The number of carbonyl (C=O) groups excluding carboxylic acids is 1. The first kappa shape index (κ1) is 12.4. The number of hydrogen-bond acceptors (Lipinski definition) is 1. The summed E-state index contributed by atoms with van der Waals surface area (Å²) in [6.45, 7) is 4.88. The maximum absolute atomic E-state index is 12.0. The molecule has 17 heavy (non-hydrogen) atoms. The Labute approximate surface area is 111 Å². The van der Waals surface area contributed by atoms with Crippen molar-refractivity contribution in [1.82, 2.24) is 9.80 Å². The van der Waals surface area contributed by atoms with E-state index in [4.69, 9.17) is 0 Å². The second-order valence-electron chi connectivity index (χ2n) is 4.71. The summed E-state index contributed by atoms with van der Waals surface area (Å²) in [4.78, 5) is 15.8. The lowest BCUT2D eigenvalue weighted by molar-refractivity contribution is 0.187. The number of benzene rings is 1. The molecule has 92 valence electrons. The van der Waals surface area contributed by atoms with Gasteiger partial charge in [-0.15, -0.1) is 0 Å². The maximum atomic E-state index is 12.0. The SMILES string of the molecule is CC(C)N1CC(c2ccc(Br)cc2)N(C)C1=O. The summed E-state index contributed by atoms with van der Waals surface area (Å²) in [5.41, 5.74) is 1.19. The highest BCUT2D eigenvalue weighted by atomic mass is 79.9. The zero-order valence-corrected chi connectivity index (χ0v) is 11.9. The quantitative estimate of drug-likeness (QED) is 0.822. The monoisotopic (exact) mass is 296 g/mol. The van der Waals surface area contributed by atoms with Crippen LogP contribution in [0.4, 0.5) is 4.79 Å². The van der Waals surface area contributed by atoms with E-state index in [2.05, 4.69) is 41.9 Å². The zero-order chi connectivity index (χ0) is 12.6. The molecule has 1 atom stereocenters. The van der Waals surface area contributed by atoms with Gasteiger partial charge in [-0.1, -0.05) is 28.1 Å². The Kier molecular flexibility index (Phi) is 3.43. The molecule has 0 aromatic heterocycles. The van der Waals surface area contributed by atoms with Gasteiger partial charge in [0.15, 0.2) is 0 Å². The van der Waals surface area contributed by atoms with Crippen LogP contribution in [0.5, 0.6) is 0 Å². The van der Waals surface area contributed by atoms with E-state index < -0.39 is 0 Å². The number of rotatable bonds is 2. The fourth-order valence-corrected chi connectivity index (χ4v) is 2.43. The normalized spacial score (nSPS) is 20.5. The summed E-state index contributed by atoms with van der Waals surface area (Å²) < 4.78 is 1.06. The number of carbonyl (C=O) groups is 1. The Morgan fingerprint density at radius 1 is 1.29 bits per heavy atom. The molecule has 3 nitrogen and oxygen atoms in total. The summed E-state index contributed by atoms with van der Waals surface area (Å²) in [5, 5.41) is 0. The van der Waals surface area contributed by atoms with Crippen LogP contribution in [-0.2, 0) is 0 Å². The van der Waals surface area contributed by atoms with E-state index in [-0.39, 0.29) is 18.1 Å². The fourth-order valence-electron chi connectivity index (χ4n) is 2.17. The molecule has 1 aliphatic rings. The van der Waals surface area contributed by atoms with E-state index in [0.29, 0.717) is 0 Å². The molecule has 1 heterocycles. The number of amides is 2. The van der Waals surface area contributed by atoms with Crippen molar-refractivity contribution < 1.29 is 4.79 Å². The molecule has 1 fully saturated rings. The maximum Gasteiger partial charge on any atom is 0.320 e. The van der Waals surface area contributed by atoms with E-state index in [1.165, 1.54) is 5.56 Å². The topological polar surface area (TPSA) is 23.6 Å². The number of halogens is 1. The molecule has 0 radical (unpaired) electrons. The van der Waals surface area contributed by atoms with Gasteiger partial charge in [-0.3, -0.25) is 0 Å². The first-order valence-electron chi connectivity index (χ1n) is 5.79. The summed E-state index contributed by atoms with van der Waals surface area (Å²) >= 11 is 3.43. The highest BCUT2D eigenvalue weighted by Gasteiger charge is 2.36. The molecule has 0 aliphatic carbocycles. The van der Waals surface area contributed by atoms with Crippen molar-refractivity contribution in [2.24, 2.45) is 0 Å². The minimum atomic E-state index is 0.118. The van der Waals surface area contributed by atoms with Crippen molar-refractivity contribution in [2.75, 3.05) is 13.6 Å². The van der Waals surface area contributed by atoms with Gasteiger partial charge in [-0.2, -0.15) is 0 Å². The summed E-state index contributed by atoms with van der Waals surface area (Å²) in [6, 6.07) is 8.72. The average molecular weight is 297 g/mol. The van der Waals surface area contributed by atoms with Crippen LogP contribution in [-0.4, -0.2) is 35.5 Å². The molecule has 0 spiro atoms. The van der Waals surface area contributed by atoms with Crippen molar-refractivity contribution in [2.45, 2.75) is 25.9 Å². The molecular formula is C13H17BrN2O. The minimum Gasteiger partial charge on any atom is -0.320 e. The van der Waals surface area contributed by atoms with Crippen molar-refractivity contribution in [3.63, 3.8) is 0 Å². The van der Waals surface area contributed by atoms with Gasteiger partial charge < -0.3 is 9.80 Å². The lowest BCUT2D eigenvalue weighted by Gasteiger charge is -2.19. The van der Waals surface area contributed by atoms with Gasteiger partial charge in [0, 0.05) is 24.1 Å². The van der Waals surface area contributed by atoms with E-state index >= 15 is 0 Å². The minimum absolute atomic E-state index is 0.118. The third-order valence-electron chi connectivity index (χ3n) is 3.26. The van der Waals surface area contributed by atoms with E-state index in [9.17, 15) is 4.79 Å². The molecule has 0 N–H and O–H groups in total. The van der Waals surface area contributed by atoms with Crippen LogP contribution in [0, 0.1) is 0 Å². The van der Waals surface area contributed by atoms with Gasteiger partial charge in [0.1, 0.15) is 0 Å². The van der Waals surface area contributed by atoms with Gasteiger partial charge in [0.25, 0.3) is 0 Å². The van der Waals surface area contributed by atoms with Crippen molar-refractivity contribution >= 4 is 22.0 Å². The first-order valence-corrected chi connectivity index (χ1v) is 6.59. The van der Waals surface area contributed by atoms with Crippen LogP contribution in [0.2, 0.25) is 0 Å². The third-order valence-corrected chi connectivity index (χ3v) is 3.79. The summed E-state index contributed by atoms with van der Waals surface area (Å²) in [5.74, 6) is 0. The molecule has 0 saturated carbocycles. The van der Waals surface area contributed by atoms with Crippen LogP contribution < -0.4 is 0 Å². The number of hydrogen-bond donors (Lipinski definition) is 0. The molecule has 2 rings (SSSR count). The Balaban J connectivity index is 2.23. The predicted octanol–water partition coefficient (Wildman–Crippen LogP) is 3.27. The fraction of sp³-hybridized carbons (Fsp3) is 0.462. The van der Waals surface area contributed by atoms with Crippen LogP contribution in [0.25, 0.3) is 0 Å². The molecule has 2 amide bonds. The molecule has 1 unspecified atom stereocenters. The van der Waals surface area contributed by atoms with Crippen molar-refractivity contribution in [3.05, 3.63) is 34.3 Å². The Morgan fingerprint density at radius 3 is 2.35 bits per heavy atom. The number of likely N-dealkylation sites (N-methyl/N-ethyl adjacent to an activating group) is 1. The standard InChI is InChI=1S/C13H17BrN2O/c1-9(2)16-8-12(15(3)13(16)17)10-4-6-11(14)7-5-10/h4-7,9,12H,8H2,1-3H3. The Morgan fingerprint density at radius 2 is 1.88 bits per heavy atom. The molecule has 4 heteroatoms. The van der Waals surface area contributed by atoms with E-state index in [0.717, 1.165) is 11.0 Å². The Hall–Kier alpha value is -1.03. The third kappa shape index (κ3) is 2.32. The lowest BCUT2D eigenvalue weighted by atomic mass is 10.1. The van der Waals surface area contributed by atoms with Crippen LogP contribution in [0.1, 0.15) is 25.5 Å². The van der Waals surface area contributed by atoms with E-state index in [1.807, 2.05) is 29.0 Å². The van der Waals surface area contributed by atoms with Crippen LogP contribution in [0.3, 0.4) is 0 Å². The summed E-state index contributed by atoms with van der Waals surface area (Å²) in [6.07, 6.45) is 0. The van der Waals surface area contributed by atoms with Gasteiger partial charge in [-0.05, 0) is 31.5 Å². The molecular weight excluding hydrogens is 280 g/mol. The van der Waals surface area contributed by atoms with Crippen molar-refractivity contribution in [1.29, 1.82) is 0 Å². The second kappa shape index (κ2) is 4.69. The second-order valence-corrected chi connectivity index (χ2v) is 5.62. The van der Waals surface area contributed by atoms with Crippen molar-refractivity contribution in [3.8, 4) is 0 Å². The zero-order valence-electron chi connectivity index (χ0n) is 10.4. The molecule has 1 aliphatic heterocycles. The molecule has 1 aromatic rings. The lowest BCUT2D eigenvalue weighted by Crippen LogP contribution is -2.34. The number of urea groups is 1.